The van der Waals surface area contributed by atoms with Gasteiger partial charge in [-0.15, -0.1) is 0 Å². The Balaban J connectivity index is -0.0000000194. The van der Waals surface area contributed by atoms with E-state index in [9.17, 15) is 0 Å². The molecule has 0 unspecified atom stereocenters. The maximum atomic E-state index is 4.07. The number of hydrogen-bond acceptors (Lipinski definition) is 4. The smallest absolute Gasteiger partial charge is 0.206 e. The van der Waals surface area contributed by atoms with Crippen LogP contribution in [-0.4, -0.2) is 30.9 Å². The van der Waals surface area contributed by atoms with Gasteiger partial charge in [0.15, 0.2) is 49.6 Å². The Morgan fingerprint density at radius 2 is 0.261 bits per heavy atom. The monoisotopic (exact) mass is 1920 g/mol. The molecule has 0 aliphatic heterocycles. The predicted octanol–water partition coefficient (Wildman–Crippen LogP) is 1.41. The summed E-state index contributed by atoms with van der Waals surface area (Å²) in [5, 5.41) is 0. The molecule has 0 saturated heterocycles. The molecule has 0 fully saturated rings. The van der Waals surface area contributed by atoms with Gasteiger partial charge in [0.25, 0.3) is 0 Å². The number of aryl methyl sites for hydroxylation is 4. The fourth-order valence-electron chi connectivity index (χ4n) is 5.83. The standard InChI is InChI=1S/2C22H20N4.8Mo.2H2O.26O/c2*1-9-23-10-2-19(1)21-5-13-25(14-6-21)17-18-26-15-7-22(8-16-26)20-3-11-24-12-4-20;;;;;;;;;;;;;;;;;;;;;;;;;;;;;;;;;;;;/h2*1-16H,17-18H2;;;;;;;;;2*1H2;;;;;;;;;;;;;;;;;;;;;;;;;;/q2*+2;;;;;;;;;;;26*-2. The molecular formula is C44H44Mo8N8O28-48. The molecule has 0 aliphatic rings. The van der Waals surface area contributed by atoms with Crippen molar-refractivity contribution in [2.75, 3.05) is 0 Å². The first-order chi connectivity index (χ1) is 25.8. The topological polar surface area (TPSA) is 871 Å². The molecule has 44 heteroatoms. The molecule has 0 aromatic carbocycles. The van der Waals surface area contributed by atoms with E-state index in [1.165, 1.54) is 44.5 Å². The largest absolute Gasteiger partial charge is 2.00 e. The van der Waals surface area contributed by atoms with E-state index in [0.29, 0.717) is 0 Å². The first-order valence-electron chi connectivity index (χ1n) is 17.3. The number of pyridine rings is 8. The van der Waals surface area contributed by atoms with Crippen molar-refractivity contribution < 1.29 is 340 Å². The van der Waals surface area contributed by atoms with Crippen LogP contribution in [-0.2, 0) is 337 Å². The maximum Gasteiger partial charge on any atom is 0.206 e. The van der Waals surface area contributed by atoms with E-state index >= 15 is 0 Å². The van der Waals surface area contributed by atoms with Crippen LogP contribution in [0.25, 0.3) is 44.5 Å². The summed E-state index contributed by atoms with van der Waals surface area (Å²) in [6.45, 7) is 3.71. The Morgan fingerprint density at radius 1 is 0.170 bits per heavy atom. The maximum absolute atomic E-state index is 4.07. The van der Waals surface area contributed by atoms with E-state index in [1.54, 1.807) is 0 Å². The molecule has 0 bridgehead atoms. The molecule has 8 heterocycles. The van der Waals surface area contributed by atoms with Crippen LogP contribution in [0.5, 0.6) is 0 Å². The summed E-state index contributed by atoms with van der Waals surface area (Å²) in [5.41, 5.74) is 9.58. The summed E-state index contributed by atoms with van der Waals surface area (Å²) in [6.07, 6.45) is 31.6. The van der Waals surface area contributed by atoms with Gasteiger partial charge >= 0.3 is 0 Å². The zero-order chi connectivity index (χ0) is 35.2. The van der Waals surface area contributed by atoms with Crippen LogP contribution >= 0.6 is 0 Å². The van der Waals surface area contributed by atoms with E-state index in [2.05, 4.69) is 136 Å². The number of aromatic nitrogens is 8. The van der Waals surface area contributed by atoms with Crippen molar-refractivity contribution in [1.82, 2.24) is 19.9 Å². The molecule has 88 heavy (non-hydrogen) atoms. The average molecular weight is 1900 g/mol. The molecule has 0 aliphatic carbocycles. The van der Waals surface area contributed by atoms with Gasteiger partial charge in [-0.05, 0) is 93.0 Å². The SMILES string of the molecule is O.O.[Mo].[Mo].[Mo].[Mo].[Mo].[Mo].[Mo].[Mo].[O-2].[O-2].[O-2].[O-2].[O-2].[O-2].[O-2].[O-2].[O-2].[O-2].[O-2].[O-2].[O-2].[O-2].[O-2].[O-2].[O-2].[O-2].[O-2].[O-2].[O-2].[O-2].[O-2].[O-2].[O-2].[O-2].c1cc(-c2cc[n+](CC[n+]3ccc(-c4ccncc4)cc3)cc2)ccn1.c1cc(-c2cc[n+](CC[n+]3ccc(-c4ccncc4)cc3)cc2)ccn1. The van der Waals surface area contributed by atoms with E-state index in [1.807, 2.05) is 98.1 Å². The van der Waals surface area contributed by atoms with Gasteiger partial charge in [-0.2, -0.15) is 18.3 Å². The van der Waals surface area contributed by atoms with Crippen LogP contribution < -0.4 is 18.3 Å². The number of hydrogen-bond donors (Lipinski definition) is 0. The quantitative estimate of drug-likeness (QED) is 0.145. The Hall–Kier alpha value is -2.41. The minimum Gasteiger partial charge on any atom is -2.00 e. The normalized spacial score (nSPS) is 6.27. The summed E-state index contributed by atoms with van der Waals surface area (Å²) in [5.74, 6) is 0. The van der Waals surface area contributed by atoms with Gasteiger partial charge in [0, 0.05) is 267 Å². The molecular weight excluding hydrogens is 1860 g/mol. The summed E-state index contributed by atoms with van der Waals surface area (Å²) in [4.78, 5) is 16.3. The first-order valence-corrected chi connectivity index (χ1v) is 17.3. The molecule has 524 valence electrons. The zero-order valence-corrected chi connectivity index (χ0v) is 59.8. The third-order valence-corrected chi connectivity index (χ3v) is 8.85. The van der Waals surface area contributed by atoms with Crippen LogP contribution in [0.2, 0.25) is 0 Å². The zero-order valence-electron chi connectivity index (χ0n) is 43.8. The molecule has 8 rings (SSSR count). The Bertz CT molecular complexity index is 2010. The predicted molar refractivity (Wildman–Crippen MR) is 225 cm³/mol. The van der Waals surface area contributed by atoms with Crippen molar-refractivity contribution in [3.05, 3.63) is 196 Å². The minimum atomic E-state index is 0. The third-order valence-electron chi connectivity index (χ3n) is 8.85. The average Bonchev–Trinajstić information content (AvgIpc) is 3.24. The summed E-state index contributed by atoms with van der Waals surface area (Å²) >= 11 is 0. The summed E-state index contributed by atoms with van der Waals surface area (Å²) < 4.78 is 8.81. The van der Waals surface area contributed by atoms with Crippen molar-refractivity contribution in [3.8, 4) is 44.5 Å². The van der Waals surface area contributed by atoms with Gasteiger partial charge in [0.2, 0.25) is 26.2 Å². The molecule has 8 aromatic rings. The van der Waals surface area contributed by atoms with Gasteiger partial charge in [0.05, 0.1) is 0 Å². The second-order valence-electron chi connectivity index (χ2n) is 12.2. The van der Waals surface area contributed by atoms with Crippen molar-refractivity contribution in [1.29, 1.82) is 0 Å². The van der Waals surface area contributed by atoms with E-state index < -0.39 is 0 Å². The number of rotatable bonds is 10. The molecule has 8 aromatic heterocycles. The Morgan fingerprint density at radius 3 is 0.364 bits per heavy atom. The molecule has 0 amide bonds. The van der Waals surface area contributed by atoms with Crippen molar-refractivity contribution in [2.45, 2.75) is 26.2 Å². The first kappa shape index (κ1) is 198. The fraction of sp³-hybridized carbons (Fsp3) is 0.0909. The van der Waals surface area contributed by atoms with Crippen molar-refractivity contribution >= 4 is 0 Å². The Kier molecular flexibility index (Phi) is 246. The molecule has 4 N–H and O–H groups in total. The van der Waals surface area contributed by atoms with Crippen molar-refractivity contribution in [2.24, 2.45) is 0 Å². The van der Waals surface area contributed by atoms with Gasteiger partial charge in [-0.25, -0.2) is 0 Å². The van der Waals surface area contributed by atoms with Crippen LogP contribution in [0.3, 0.4) is 0 Å². The minimum absolute atomic E-state index is 0. The summed E-state index contributed by atoms with van der Waals surface area (Å²) in [7, 11) is 0. The van der Waals surface area contributed by atoms with Gasteiger partial charge in [-0.1, -0.05) is 0 Å². The molecule has 0 saturated carbocycles. The van der Waals surface area contributed by atoms with Gasteiger partial charge < -0.3 is 153 Å². The Labute approximate surface area is 620 Å². The second kappa shape index (κ2) is 109. The molecule has 0 radical (unpaired) electrons. The van der Waals surface area contributed by atoms with Crippen LogP contribution in [0, 0.1) is 0 Å². The second-order valence-corrected chi connectivity index (χ2v) is 12.2. The van der Waals surface area contributed by atoms with E-state index in [4.69, 9.17) is 0 Å². The van der Waals surface area contributed by atoms with E-state index in [0.717, 1.165) is 26.2 Å². The van der Waals surface area contributed by atoms with Crippen LogP contribution in [0.4, 0.5) is 0 Å². The molecule has 36 nitrogen and oxygen atoms in total. The van der Waals surface area contributed by atoms with E-state index in [-0.39, 0.29) is 322 Å². The van der Waals surface area contributed by atoms with Crippen LogP contribution in [0.1, 0.15) is 0 Å². The fourth-order valence-corrected chi connectivity index (χ4v) is 5.83. The van der Waals surface area contributed by atoms with Crippen molar-refractivity contribution in [3.63, 3.8) is 0 Å². The molecule has 0 spiro atoms. The van der Waals surface area contributed by atoms with Crippen LogP contribution in [0.15, 0.2) is 196 Å². The van der Waals surface area contributed by atoms with Gasteiger partial charge in [0.1, 0.15) is 0 Å². The molecule has 0 atom stereocenters. The van der Waals surface area contributed by atoms with Gasteiger partial charge in [-0.3, -0.25) is 19.9 Å². The number of nitrogens with zero attached hydrogens (tertiary/aromatic N) is 8. The third kappa shape index (κ3) is 62.4. The summed E-state index contributed by atoms with van der Waals surface area (Å²) in [6, 6.07) is 33.4.